The molecule has 17 heavy (non-hydrogen) atoms. The zero-order chi connectivity index (χ0) is 12.4. The van der Waals surface area contributed by atoms with Crippen LogP contribution in [0.3, 0.4) is 0 Å². The Morgan fingerprint density at radius 3 is 2.82 bits per heavy atom. The molecular formula is C11H12ClNO4. The maximum absolute atomic E-state index is 10.8. The monoisotopic (exact) mass is 257 g/mol. The van der Waals surface area contributed by atoms with E-state index in [2.05, 4.69) is 0 Å². The lowest BCUT2D eigenvalue weighted by atomic mass is 10.2. The van der Waals surface area contributed by atoms with Crippen molar-refractivity contribution in [3.8, 4) is 5.75 Å². The molecule has 1 aromatic rings. The first kappa shape index (κ1) is 12.1. The minimum Gasteiger partial charge on any atom is -0.481 e. The number of hydrogen-bond acceptors (Lipinski definition) is 4. The summed E-state index contributed by atoms with van der Waals surface area (Å²) < 4.78 is 5.48. The minimum absolute atomic E-state index is 0.158. The lowest BCUT2D eigenvalue weighted by molar-refractivity contribution is -0.386. The molecule has 0 amide bonds. The highest BCUT2D eigenvalue weighted by molar-refractivity contribution is 6.30. The predicted molar refractivity (Wildman–Crippen MR) is 62.4 cm³/mol. The third-order valence-corrected chi connectivity index (χ3v) is 3.05. The van der Waals surface area contributed by atoms with Gasteiger partial charge in [-0.15, -0.1) is 0 Å². The van der Waals surface area contributed by atoms with Crippen molar-refractivity contribution in [1.29, 1.82) is 0 Å². The molecule has 1 aromatic carbocycles. The van der Waals surface area contributed by atoms with Crippen LogP contribution in [0.2, 0.25) is 5.02 Å². The van der Waals surface area contributed by atoms with Crippen molar-refractivity contribution in [1.82, 2.24) is 0 Å². The number of nitrogens with zero attached hydrogens (tertiary/aromatic N) is 1. The van der Waals surface area contributed by atoms with E-state index in [0.29, 0.717) is 12.8 Å². The minimum atomic E-state index is -0.551. The van der Waals surface area contributed by atoms with Crippen molar-refractivity contribution < 1.29 is 14.8 Å². The normalized spacial score (nSPS) is 23.6. The van der Waals surface area contributed by atoms with Crippen LogP contribution in [0.15, 0.2) is 18.2 Å². The van der Waals surface area contributed by atoms with Gasteiger partial charge in [-0.3, -0.25) is 10.1 Å². The fourth-order valence-corrected chi connectivity index (χ4v) is 2.11. The van der Waals surface area contributed by atoms with Gasteiger partial charge in [0.25, 0.3) is 0 Å². The van der Waals surface area contributed by atoms with Crippen LogP contribution in [-0.4, -0.2) is 22.2 Å². The summed E-state index contributed by atoms with van der Waals surface area (Å²) in [5, 5.41) is 20.7. The Kier molecular flexibility index (Phi) is 3.49. The van der Waals surface area contributed by atoms with Gasteiger partial charge in [0.2, 0.25) is 0 Å². The predicted octanol–water partition coefficient (Wildman–Crippen LogP) is 2.54. The van der Waals surface area contributed by atoms with E-state index in [1.54, 1.807) is 0 Å². The number of aliphatic hydroxyl groups excluding tert-OH is 1. The number of halogens is 1. The first-order valence-electron chi connectivity index (χ1n) is 5.36. The molecule has 0 radical (unpaired) electrons. The van der Waals surface area contributed by atoms with Crippen molar-refractivity contribution in [2.24, 2.45) is 0 Å². The van der Waals surface area contributed by atoms with Crippen LogP contribution in [-0.2, 0) is 0 Å². The largest absolute Gasteiger partial charge is 0.481 e. The summed E-state index contributed by atoms with van der Waals surface area (Å²) in [5.41, 5.74) is -0.170. The molecule has 1 N–H and O–H groups in total. The third-order valence-electron chi connectivity index (χ3n) is 2.81. The van der Waals surface area contributed by atoms with Crippen LogP contribution in [0, 0.1) is 10.1 Å². The highest BCUT2D eigenvalue weighted by Gasteiger charge is 2.29. The number of nitro groups is 1. The molecule has 0 unspecified atom stereocenters. The molecular weight excluding hydrogens is 246 g/mol. The molecule has 1 fully saturated rings. The molecule has 0 aromatic heterocycles. The number of benzene rings is 1. The Bertz CT molecular complexity index is 437. The van der Waals surface area contributed by atoms with Crippen molar-refractivity contribution in [2.75, 3.05) is 0 Å². The summed E-state index contributed by atoms with van der Waals surface area (Å²) in [6, 6.07) is 4.24. The van der Waals surface area contributed by atoms with Crippen LogP contribution in [0.5, 0.6) is 5.75 Å². The van der Waals surface area contributed by atoms with E-state index in [1.807, 2.05) is 0 Å². The van der Waals surface area contributed by atoms with Gasteiger partial charge >= 0.3 is 5.69 Å². The average molecular weight is 258 g/mol. The summed E-state index contributed by atoms with van der Waals surface area (Å²) in [4.78, 5) is 10.3. The lowest BCUT2D eigenvalue weighted by Gasteiger charge is -2.16. The van der Waals surface area contributed by atoms with Gasteiger partial charge in [0, 0.05) is 11.1 Å². The molecule has 2 rings (SSSR count). The average Bonchev–Trinajstić information content (AvgIpc) is 2.67. The van der Waals surface area contributed by atoms with Crippen LogP contribution >= 0.6 is 11.6 Å². The van der Waals surface area contributed by atoms with E-state index in [-0.39, 0.29) is 22.6 Å². The first-order valence-corrected chi connectivity index (χ1v) is 5.74. The van der Waals surface area contributed by atoms with E-state index in [1.165, 1.54) is 18.2 Å². The quantitative estimate of drug-likeness (QED) is 0.667. The molecule has 1 aliphatic rings. The van der Waals surface area contributed by atoms with Crippen molar-refractivity contribution in [3.63, 3.8) is 0 Å². The van der Waals surface area contributed by atoms with Crippen LogP contribution in [0.4, 0.5) is 5.69 Å². The molecule has 1 saturated carbocycles. The Labute approximate surface area is 103 Å². The highest BCUT2D eigenvalue weighted by atomic mass is 35.5. The smallest absolute Gasteiger partial charge is 0.312 e. The van der Waals surface area contributed by atoms with Crippen molar-refractivity contribution in [2.45, 2.75) is 31.5 Å². The number of hydrogen-bond donors (Lipinski definition) is 1. The van der Waals surface area contributed by atoms with Gasteiger partial charge in [0.05, 0.1) is 11.0 Å². The molecule has 0 saturated heterocycles. The summed E-state index contributed by atoms with van der Waals surface area (Å²) in [6.45, 7) is 0. The topological polar surface area (TPSA) is 72.6 Å². The van der Waals surface area contributed by atoms with Crippen LogP contribution < -0.4 is 4.74 Å². The maximum atomic E-state index is 10.8. The number of ether oxygens (including phenoxy) is 1. The molecule has 92 valence electrons. The summed E-state index contributed by atoms with van der Waals surface area (Å²) in [5.74, 6) is 0.158. The Morgan fingerprint density at radius 2 is 2.24 bits per heavy atom. The molecule has 0 heterocycles. The number of nitro benzene ring substituents is 1. The van der Waals surface area contributed by atoms with Gasteiger partial charge in [-0.25, -0.2) is 0 Å². The molecule has 6 heteroatoms. The molecule has 0 aliphatic heterocycles. The van der Waals surface area contributed by atoms with E-state index in [0.717, 1.165) is 6.42 Å². The lowest BCUT2D eigenvalue weighted by Crippen LogP contribution is -2.25. The molecule has 1 aliphatic carbocycles. The Balaban J connectivity index is 2.22. The second-order valence-electron chi connectivity index (χ2n) is 4.02. The van der Waals surface area contributed by atoms with Crippen LogP contribution in [0.1, 0.15) is 19.3 Å². The summed E-state index contributed by atoms with van der Waals surface area (Å²) in [6.07, 6.45) is 1.33. The zero-order valence-electron chi connectivity index (χ0n) is 9.01. The van der Waals surface area contributed by atoms with Gasteiger partial charge in [0.1, 0.15) is 6.10 Å². The van der Waals surface area contributed by atoms with Gasteiger partial charge in [0.15, 0.2) is 5.75 Å². The van der Waals surface area contributed by atoms with E-state index in [9.17, 15) is 15.2 Å². The highest BCUT2D eigenvalue weighted by Crippen LogP contribution is 2.33. The number of aliphatic hydroxyl groups is 1. The first-order chi connectivity index (χ1) is 8.08. The summed E-state index contributed by atoms with van der Waals surface area (Å²) in [7, 11) is 0. The number of rotatable bonds is 3. The second kappa shape index (κ2) is 4.89. The van der Waals surface area contributed by atoms with Gasteiger partial charge in [-0.2, -0.15) is 0 Å². The van der Waals surface area contributed by atoms with Gasteiger partial charge in [-0.1, -0.05) is 11.6 Å². The van der Waals surface area contributed by atoms with E-state index in [4.69, 9.17) is 16.3 Å². The summed E-state index contributed by atoms with van der Waals surface area (Å²) >= 11 is 5.70. The van der Waals surface area contributed by atoms with Crippen LogP contribution in [0.25, 0.3) is 0 Å². The maximum Gasteiger partial charge on any atom is 0.312 e. The third kappa shape index (κ3) is 2.68. The molecule has 2 atom stereocenters. The van der Waals surface area contributed by atoms with Crippen molar-refractivity contribution in [3.05, 3.63) is 33.3 Å². The SMILES string of the molecule is O=[N+]([O-])c1cc(Cl)ccc1O[C@H]1CCC[C@@H]1O. The standard InChI is InChI=1S/C11H12ClNO4/c12-7-4-5-10(8(6-7)13(15)16)17-11-3-1-2-9(11)14/h4-6,9,11,14H,1-3H2/t9-,11-/m0/s1. The molecule has 5 nitrogen and oxygen atoms in total. The second-order valence-corrected chi connectivity index (χ2v) is 4.46. The van der Waals surface area contributed by atoms with E-state index >= 15 is 0 Å². The molecule has 0 spiro atoms. The fourth-order valence-electron chi connectivity index (χ4n) is 1.94. The van der Waals surface area contributed by atoms with Gasteiger partial charge in [-0.05, 0) is 31.4 Å². The molecule has 0 bridgehead atoms. The fraction of sp³-hybridized carbons (Fsp3) is 0.455. The zero-order valence-corrected chi connectivity index (χ0v) is 9.76. The Morgan fingerprint density at radius 1 is 1.47 bits per heavy atom. The Hall–Kier alpha value is -1.33. The van der Waals surface area contributed by atoms with E-state index < -0.39 is 11.0 Å². The van der Waals surface area contributed by atoms with Crippen molar-refractivity contribution >= 4 is 17.3 Å². The van der Waals surface area contributed by atoms with Gasteiger partial charge < -0.3 is 9.84 Å².